The molecule has 1 saturated heterocycles. The van der Waals surface area contributed by atoms with E-state index in [1.807, 2.05) is 12.3 Å². The second-order valence-electron chi connectivity index (χ2n) is 6.47. The van der Waals surface area contributed by atoms with Crippen LogP contribution in [0.25, 0.3) is 10.8 Å². The van der Waals surface area contributed by atoms with Gasteiger partial charge in [-0.3, -0.25) is 0 Å². The maximum absolute atomic E-state index is 4.52. The number of fused-ring (bicyclic) bond motifs is 1. The first-order chi connectivity index (χ1) is 10.1. The molecule has 2 heterocycles. The third kappa shape index (κ3) is 3.06. The van der Waals surface area contributed by atoms with E-state index in [2.05, 4.69) is 63.6 Å². The number of hydrogen-bond donors (Lipinski definition) is 2. The quantitative estimate of drug-likeness (QED) is 0.873. The van der Waals surface area contributed by atoms with Crippen LogP contribution in [0.1, 0.15) is 26.7 Å². The number of halogens is 1. The van der Waals surface area contributed by atoms with Crippen LogP contribution in [0.15, 0.2) is 34.9 Å². The number of nitrogens with one attached hydrogen (secondary N) is 2. The Morgan fingerprint density at radius 3 is 3.00 bits per heavy atom. The minimum atomic E-state index is 0.330. The van der Waals surface area contributed by atoms with E-state index in [0.29, 0.717) is 11.5 Å². The maximum atomic E-state index is 4.52. The molecule has 1 aliphatic heterocycles. The zero-order valence-electron chi connectivity index (χ0n) is 12.6. The van der Waals surface area contributed by atoms with Gasteiger partial charge >= 0.3 is 0 Å². The Labute approximate surface area is 134 Å². The highest BCUT2D eigenvalue weighted by atomic mass is 79.9. The number of anilines is 1. The zero-order valence-corrected chi connectivity index (χ0v) is 14.2. The van der Waals surface area contributed by atoms with Crippen molar-refractivity contribution >= 4 is 32.5 Å². The van der Waals surface area contributed by atoms with E-state index < -0.39 is 0 Å². The molecule has 0 saturated carbocycles. The molecule has 1 atom stereocenters. The number of hydrogen-bond acceptors (Lipinski definition) is 3. The van der Waals surface area contributed by atoms with E-state index in [4.69, 9.17) is 0 Å². The Hall–Kier alpha value is -1.13. The van der Waals surface area contributed by atoms with Gasteiger partial charge in [-0.1, -0.05) is 41.9 Å². The molecule has 4 heteroatoms. The summed E-state index contributed by atoms with van der Waals surface area (Å²) in [6.45, 7) is 6.72. The highest BCUT2D eigenvalue weighted by molar-refractivity contribution is 9.10. The minimum Gasteiger partial charge on any atom is -0.368 e. The Morgan fingerprint density at radius 2 is 2.19 bits per heavy atom. The van der Waals surface area contributed by atoms with Crippen LogP contribution in [0.4, 0.5) is 5.82 Å². The fraction of sp³-hybridized carbons (Fsp3) is 0.471. The Bertz CT molecular complexity index is 639. The van der Waals surface area contributed by atoms with Crippen molar-refractivity contribution in [2.45, 2.75) is 32.7 Å². The number of pyridine rings is 1. The summed E-state index contributed by atoms with van der Waals surface area (Å²) in [6, 6.07) is 8.78. The SMILES string of the molecule is CC1(C)CCCNC1CNc1nccc2c(Br)cccc12. The predicted octanol–water partition coefficient (Wildman–Crippen LogP) is 4.19. The fourth-order valence-corrected chi connectivity index (χ4v) is 3.63. The largest absolute Gasteiger partial charge is 0.368 e. The summed E-state index contributed by atoms with van der Waals surface area (Å²) in [5.41, 5.74) is 0.330. The van der Waals surface area contributed by atoms with Gasteiger partial charge in [-0.05, 0) is 36.9 Å². The highest BCUT2D eigenvalue weighted by Gasteiger charge is 2.31. The summed E-state index contributed by atoms with van der Waals surface area (Å²) in [5.74, 6) is 0.969. The summed E-state index contributed by atoms with van der Waals surface area (Å²) in [5, 5.41) is 9.55. The molecule has 1 unspecified atom stereocenters. The number of aromatic nitrogens is 1. The predicted molar refractivity (Wildman–Crippen MR) is 92.7 cm³/mol. The van der Waals surface area contributed by atoms with Crippen molar-refractivity contribution in [1.82, 2.24) is 10.3 Å². The topological polar surface area (TPSA) is 37.0 Å². The number of rotatable bonds is 3. The van der Waals surface area contributed by atoms with Crippen LogP contribution in [0.5, 0.6) is 0 Å². The first-order valence-corrected chi connectivity index (χ1v) is 8.38. The summed E-state index contributed by atoms with van der Waals surface area (Å²) in [4.78, 5) is 4.52. The third-order valence-electron chi connectivity index (χ3n) is 4.56. The standard InChI is InChI=1S/C17H22BrN3/c1-17(2)8-4-9-19-15(17)11-21-16-13-5-3-6-14(18)12(13)7-10-20-16/h3,5-7,10,15,19H,4,8-9,11H2,1-2H3,(H,20,21). The zero-order chi connectivity index (χ0) is 14.9. The van der Waals surface area contributed by atoms with Gasteiger partial charge in [0.2, 0.25) is 0 Å². The van der Waals surface area contributed by atoms with Crippen molar-refractivity contribution in [1.29, 1.82) is 0 Å². The lowest BCUT2D eigenvalue weighted by Crippen LogP contribution is -2.50. The molecule has 0 radical (unpaired) electrons. The van der Waals surface area contributed by atoms with Gasteiger partial charge in [0.1, 0.15) is 5.82 Å². The van der Waals surface area contributed by atoms with E-state index in [-0.39, 0.29) is 0 Å². The molecule has 2 aromatic rings. The van der Waals surface area contributed by atoms with Gasteiger partial charge in [-0.15, -0.1) is 0 Å². The van der Waals surface area contributed by atoms with Crippen LogP contribution >= 0.6 is 15.9 Å². The van der Waals surface area contributed by atoms with Gasteiger partial charge in [0, 0.05) is 34.0 Å². The van der Waals surface area contributed by atoms with Crippen molar-refractivity contribution in [3.05, 3.63) is 34.9 Å². The molecule has 1 fully saturated rings. The summed E-state index contributed by atoms with van der Waals surface area (Å²) < 4.78 is 1.11. The van der Waals surface area contributed by atoms with Crippen molar-refractivity contribution < 1.29 is 0 Å². The average Bonchev–Trinajstić information content (AvgIpc) is 2.46. The molecular weight excluding hydrogens is 326 g/mol. The van der Waals surface area contributed by atoms with E-state index in [1.165, 1.54) is 23.6 Å². The normalized spacial score (nSPS) is 21.4. The van der Waals surface area contributed by atoms with Crippen LogP contribution in [0.2, 0.25) is 0 Å². The molecule has 0 spiro atoms. The third-order valence-corrected chi connectivity index (χ3v) is 5.25. The van der Waals surface area contributed by atoms with Crippen LogP contribution in [0, 0.1) is 5.41 Å². The first kappa shape index (κ1) is 14.8. The van der Waals surface area contributed by atoms with Gasteiger partial charge in [0.15, 0.2) is 0 Å². The van der Waals surface area contributed by atoms with E-state index >= 15 is 0 Å². The molecule has 0 amide bonds. The molecule has 3 rings (SSSR count). The van der Waals surface area contributed by atoms with Crippen LogP contribution < -0.4 is 10.6 Å². The molecule has 112 valence electrons. The molecular formula is C17H22BrN3. The van der Waals surface area contributed by atoms with Gasteiger partial charge in [-0.25, -0.2) is 4.98 Å². The average molecular weight is 348 g/mol. The Kier molecular flexibility index (Phi) is 4.18. The second kappa shape index (κ2) is 5.93. The second-order valence-corrected chi connectivity index (χ2v) is 7.33. The molecule has 0 aliphatic carbocycles. The fourth-order valence-electron chi connectivity index (χ4n) is 3.13. The van der Waals surface area contributed by atoms with Crippen LogP contribution in [-0.2, 0) is 0 Å². The minimum absolute atomic E-state index is 0.330. The maximum Gasteiger partial charge on any atom is 0.133 e. The van der Waals surface area contributed by atoms with Gasteiger partial charge in [0.05, 0.1) is 0 Å². The van der Waals surface area contributed by atoms with Crippen LogP contribution in [0.3, 0.4) is 0 Å². The van der Waals surface area contributed by atoms with Gasteiger partial charge < -0.3 is 10.6 Å². The summed E-state index contributed by atoms with van der Waals surface area (Å²) in [6.07, 6.45) is 4.42. The molecule has 1 aromatic heterocycles. The molecule has 21 heavy (non-hydrogen) atoms. The van der Waals surface area contributed by atoms with Gasteiger partial charge in [-0.2, -0.15) is 0 Å². The number of nitrogens with zero attached hydrogens (tertiary/aromatic N) is 1. The Morgan fingerprint density at radius 1 is 1.33 bits per heavy atom. The molecule has 1 aromatic carbocycles. The molecule has 0 bridgehead atoms. The lowest BCUT2D eigenvalue weighted by molar-refractivity contribution is 0.188. The van der Waals surface area contributed by atoms with Gasteiger partial charge in [0.25, 0.3) is 0 Å². The van der Waals surface area contributed by atoms with Crippen molar-refractivity contribution in [2.75, 3.05) is 18.4 Å². The number of piperidine rings is 1. The van der Waals surface area contributed by atoms with E-state index in [1.54, 1.807) is 0 Å². The molecule has 1 aliphatic rings. The molecule has 3 nitrogen and oxygen atoms in total. The van der Waals surface area contributed by atoms with E-state index in [9.17, 15) is 0 Å². The van der Waals surface area contributed by atoms with Crippen molar-refractivity contribution in [3.8, 4) is 0 Å². The smallest absolute Gasteiger partial charge is 0.133 e. The van der Waals surface area contributed by atoms with Crippen molar-refractivity contribution in [3.63, 3.8) is 0 Å². The summed E-state index contributed by atoms with van der Waals surface area (Å²) in [7, 11) is 0. The monoisotopic (exact) mass is 347 g/mol. The first-order valence-electron chi connectivity index (χ1n) is 7.58. The molecule has 2 N–H and O–H groups in total. The lowest BCUT2D eigenvalue weighted by atomic mass is 9.77. The van der Waals surface area contributed by atoms with E-state index in [0.717, 1.165) is 23.4 Å². The summed E-state index contributed by atoms with van der Waals surface area (Å²) >= 11 is 3.61. The Balaban J connectivity index is 1.81. The lowest BCUT2D eigenvalue weighted by Gasteiger charge is -2.39. The van der Waals surface area contributed by atoms with Crippen molar-refractivity contribution in [2.24, 2.45) is 5.41 Å². The highest BCUT2D eigenvalue weighted by Crippen LogP contribution is 2.31. The van der Waals surface area contributed by atoms with Crippen LogP contribution in [-0.4, -0.2) is 24.1 Å². The number of benzene rings is 1.